The van der Waals surface area contributed by atoms with Gasteiger partial charge in [-0.1, -0.05) is 108 Å². The van der Waals surface area contributed by atoms with E-state index in [1.54, 1.807) is 16.4 Å². The third-order valence-corrected chi connectivity index (χ3v) is 8.40. The van der Waals surface area contributed by atoms with E-state index in [-0.39, 0.29) is 17.4 Å². The molecule has 0 aliphatic carbocycles. The minimum atomic E-state index is -3.86. The number of hydrogen-bond donors (Lipinski definition) is 0. The molecular formula is C31H26ClNO2S. The molecule has 1 atom stereocenters. The highest BCUT2D eigenvalue weighted by atomic mass is 35.5. The van der Waals surface area contributed by atoms with E-state index in [9.17, 15) is 8.42 Å². The predicted octanol–water partition coefficient (Wildman–Crippen LogP) is 7.56. The molecule has 1 unspecified atom stereocenters. The summed E-state index contributed by atoms with van der Waals surface area (Å²) < 4.78 is 29.9. The summed E-state index contributed by atoms with van der Waals surface area (Å²) in [5, 5.41) is 0.621. The van der Waals surface area contributed by atoms with E-state index < -0.39 is 10.0 Å². The van der Waals surface area contributed by atoms with Gasteiger partial charge in [0.25, 0.3) is 10.0 Å². The molecule has 180 valence electrons. The van der Waals surface area contributed by atoms with E-state index >= 15 is 0 Å². The van der Waals surface area contributed by atoms with E-state index in [2.05, 4.69) is 6.08 Å². The predicted molar refractivity (Wildman–Crippen MR) is 148 cm³/mol. The standard InChI is InChI=1S/C31H26ClNO2S/c1-23-15-17-30(18-16-23)36(34,35)33-22-28(26-13-8-14-29(32)20-26)19-27(24-9-4-2-5-10-24)21-31(33)25-11-6-3-7-12-25/h2-21,28H,22H2,1H3. The second-order valence-corrected chi connectivity index (χ2v) is 11.2. The molecule has 0 saturated carbocycles. The highest BCUT2D eigenvalue weighted by Crippen LogP contribution is 2.38. The normalized spacial score (nSPS) is 16.2. The lowest BCUT2D eigenvalue weighted by atomic mass is 9.94. The maximum Gasteiger partial charge on any atom is 0.264 e. The van der Waals surface area contributed by atoms with Crippen LogP contribution in [0.1, 0.15) is 28.2 Å². The lowest BCUT2D eigenvalue weighted by Crippen LogP contribution is -2.32. The summed E-state index contributed by atoms with van der Waals surface area (Å²) in [6.07, 6.45) is 4.13. The van der Waals surface area contributed by atoms with Crippen LogP contribution in [0.3, 0.4) is 0 Å². The highest BCUT2D eigenvalue weighted by Gasteiger charge is 2.32. The number of nitrogens with zero attached hydrogens (tertiary/aromatic N) is 1. The van der Waals surface area contributed by atoms with Crippen molar-refractivity contribution >= 4 is 32.9 Å². The van der Waals surface area contributed by atoms with Gasteiger partial charge in [-0.2, -0.15) is 0 Å². The maximum atomic E-state index is 14.2. The Morgan fingerprint density at radius 3 is 2.06 bits per heavy atom. The molecule has 5 heteroatoms. The zero-order valence-electron chi connectivity index (χ0n) is 19.9. The second-order valence-electron chi connectivity index (χ2n) is 8.89. The fraction of sp³-hybridized carbons (Fsp3) is 0.0968. The van der Waals surface area contributed by atoms with Crippen molar-refractivity contribution < 1.29 is 8.42 Å². The molecule has 0 radical (unpaired) electrons. The molecule has 0 amide bonds. The quantitative estimate of drug-likeness (QED) is 0.277. The van der Waals surface area contributed by atoms with Crippen LogP contribution in [0.15, 0.2) is 126 Å². The van der Waals surface area contributed by atoms with Gasteiger partial charge in [-0.15, -0.1) is 0 Å². The molecule has 1 aliphatic heterocycles. The van der Waals surface area contributed by atoms with Crippen LogP contribution >= 0.6 is 11.6 Å². The minimum absolute atomic E-state index is 0.211. The average molecular weight is 512 g/mol. The van der Waals surface area contributed by atoms with Crippen molar-refractivity contribution in [1.82, 2.24) is 4.31 Å². The Balaban J connectivity index is 1.73. The number of rotatable bonds is 5. The number of allylic oxidation sites excluding steroid dienone is 2. The first-order valence-corrected chi connectivity index (χ1v) is 13.6. The third-order valence-electron chi connectivity index (χ3n) is 6.37. The van der Waals surface area contributed by atoms with E-state index in [1.807, 2.05) is 110 Å². The van der Waals surface area contributed by atoms with Crippen molar-refractivity contribution in [2.75, 3.05) is 6.54 Å². The van der Waals surface area contributed by atoms with Crippen LogP contribution in [-0.4, -0.2) is 19.3 Å². The molecule has 3 nitrogen and oxygen atoms in total. The Hall–Kier alpha value is -3.60. The summed E-state index contributed by atoms with van der Waals surface area (Å²) in [7, 11) is -3.86. The van der Waals surface area contributed by atoms with Gasteiger partial charge in [-0.05, 0) is 59.5 Å². The van der Waals surface area contributed by atoms with Crippen molar-refractivity contribution in [2.24, 2.45) is 0 Å². The zero-order chi connectivity index (χ0) is 25.1. The number of halogens is 1. The first kappa shape index (κ1) is 24.1. The van der Waals surface area contributed by atoms with Crippen molar-refractivity contribution in [3.05, 3.63) is 149 Å². The van der Waals surface area contributed by atoms with Gasteiger partial charge in [0.15, 0.2) is 0 Å². The van der Waals surface area contributed by atoms with Crippen LogP contribution in [0.25, 0.3) is 11.3 Å². The molecule has 1 aliphatic rings. The van der Waals surface area contributed by atoms with Crippen LogP contribution in [0.5, 0.6) is 0 Å². The Morgan fingerprint density at radius 1 is 0.778 bits per heavy atom. The van der Waals surface area contributed by atoms with Gasteiger partial charge in [0.1, 0.15) is 0 Å². The van der Waals surface area contributed by atoms with Crippen molar-refractivity contribution in [3.8, 4) is 0 Å². The molecule has 4 aromatic rings. The summed E-state index contributed by atoms with van der Waals surface area (Å²) in [6.45, 7) is 2.19. The number of aryl methyl sites for hydroxylation is 1. The molecule has 36 heavy (non-hydrogen) atoms. The molecule has 0 saturated heterocycles. The second kappa shape index (κ2) is 10.2. The fourth-order valence-electron chi connectivity index (χ4n) is 4.46. The first-order valence-electron chi connectivity index (χ1n) is 11.8. The number of hydrogen-bond acceptors (Lipinski definition) is 2. The van der Waals surface area contributed by atoms with E-state index in [0.717, 1.165) is 27.8 Å². The summed E-state index contributed by atoms with van der Waals surface area (Å²) in [6, 6.07) is 34.4. The van der Waals surface area contributed by atoms with Gasteiger partial charge in [0.05, 0.1) is 10.6 Å². The third kappa shape index (κ3) is 5.01. The molecule has 0 bridgehead atoms. The molecule has 0 spiro atoms. The van der Waals surface area contributed by atoms with Crippen LogP contribution < -0.4 is 0 Å². The fourth-order valence-corrected chi connectivity index (χ4v) is 6.17. The van der Waals surface area contributed by atoms with Gasteiger partial charge < -0.3 is 0 Å². The molecule has 0 N–H and O–H groups in total. The summed E-state index contributed by atoms with van der Waals surface area (Å²) in [5.41, 5.74) is 5.42. The van der Waals surface area contributed by atoms with Crippen LogP contribution in [0.4, 0.5) is 0 Å². The van der Waals surface area contributed by atoms with Crippen molar-refractivity contribution in [2.45, 2.75) is 17.7 Å². The lowest BCUT2D eigenvalue weighted by Gasteiger charge is -2.29. The monoisotopic (exact) mass is 511 g/mol. The Kier molecular flexibility index (Phi) is 6.82. The topological polar surface area (TPSA) is 37.4 Å². The van der Waals surface area contributed by atoms with Gasteiger partial charge in [0.2, 0.25) is 0 Å². The smallest absolute Gasteiger partial charge is 0.264 e. The van der Waals surface area contributed by atoms with E-state index in [0.29, 0.717) is 10.7 Å². The molecule has 5 rings (SSSR count). The summed E-state index contributed by atoms with van der Waals surface area (Å²) >= 11 is 6.35. The molecule has 0 fully saturated rings. The number of sulfonamides is 1. The van der Waals surface area contributed by atoms with Crippen LogP contribution in [0.2, 0.25) is 5.02 Å². The minimum Gasteiger partial charge on any atom is -0.265 e. The molecule has 0 aromatic heterocycles. The van der Waals surface area contributed by atoms with Gasteiger partial charge >= 0.3 is 0 Å². The van der Waals surface area contributed by atoms with Gasteiger partial charge in [-0.3, -0.25) is 4.31 Å². The van der Waals surface area contributed by atoms with E-state index in [1.165, 1.54) is 0 Å². The molecule has 1 heterocycles. The Morgan fingerprint density at radius 2 is 1.42 bits per heavy atom. The van der Waals surface area contributed by atoms with Crippen molar-refractivity contribution in [1.29, 1.82) is 0 Å². The molecular weight excluding hydrogens is 486 g/mol. The Labute approximate surface area is 218 Å². The van der Waals surface area contributed by atoms with Crippen LogP contribution in [-0.2, 0) is 10.0 Å². The Bertz CT molecular complexity index is 1530. The highest BCUT2D eigenvalue weighted by molar-refractivity contribution is 7.89. The first-order chi connectivity index (χ1) is 17.4. The largest absolute Gasteiger partial charge is 0.265 e. The summed E-state index contributed by atoms with van der Waals surface area (Å²) in [5.74, 6) is -0.211. The van der Waals surface area contributed by atoms with Crippen LogP contribution in [0, 0.1) is 6.92 Å². The zero-order valence-corrected chi connectivity index (χ0v) is 21.5. The van der Waals surface area contributed by atoms with Gasteiger partial charge in [0, 0.05) is 17.5 Å². The lowest BCUT2D eigenvalue weighted by molar-refractivity contribution is 0.499. The van der Waals surface area contributed by atoms with Crippen molar-refractivity contribution in [3.63, 3.8) is 0 Å². The molecule has 4 aromatic carbocycles. The maximum absolute atomic E-state index is 14.2. The number of benzene rings is 4. The SMILES string of the molecule is Cc1ccc(S(=O)(=O)N2CC(c3cccc(Cl)c3)C=C(c3ccccc3)C=C2c2ccccc2)cc1. The van der Waals surface area contributed by atoms with Gasteiger partial charge in [-0.25, -0.2) is 8.42 Å². The summed E-state index contributed by atoms with van der Waals surface area (Å²) in [4.78, 5) is 0.267. The van der Waals surface area contributed by atoms with E-state index in [4.69, 9.17) is 11.6 Å². The average Bonchev–Trinajstić information content (AvgIpc) is 3.11.